The maximum atomic E-state index is 12.6. The average molecular weight is 410 g/mol. The third kappa shape index (κ3) is 5.18. The van der Waals surface area contributed by atoms with Crippen LogP contribution in [0.15, 0.2) is 53.1 Å². The van der Waals surface area contributed by atoms with Crippen LogP contribution in [-0.4, -0.2) is 36.6 Å². The van der Waals surface area contributed by atoms with Crippen molar-refractivity contribution in [1.29, 1.82) is 0 Å². The van der Waals surface area contributed by atoms with E-state index in [9.17, 15) is 9.59 Å². The first-order valence-corrected chi connectivity index (χ1v) is 9.76. The Morgan fingerprint density at radius 2 is 1.90 bits per heavy atom. The molecule has 0 saturated heterocycles. The van der Waals surface area contributed by atoms with Gasteiger partial charge in [-0.15, -0.1) is 0 Å². The van der Waals surface area contributed by atoms with Gasteiger partial charge in [-0.05, 0) is 62.7 Å². The fraction of sp³-hybridized carbons (Fsp3) is 0.304. The zero-order chi connectivity index (χ0) is 21.5. The number of furan rings is 1. The molecule has 0 aliphatic carbocycles. The van der Waals surface area contributed by atoms with Crippen molar-refractivity contribution in [2.75, 3.05) is 25.6 Å². The van der Waals surface area contributed by atoms with E-state index in [1.54, 1.807) is 43.5 Å². The van der Waals surface area contributed by atoms with Gasteiger partial charge in [0, 0.05) is 42.9 Å². The maximum absolute atomic E-state index is 12.6. The minimum absolute atomic E-state index is 0.0551. The monoisotopic (exact) mass is 410 g/mol. The van der Waals surface area contributed by atoms with Gasteiger partial charge in [0.2, 0.25) is 5.78 Å². The molecule has 2 aromatic heterocycles. The number of benzene rings is 1. The number of aromatic nitrogens is 1. The van der Waals surface area contributed by atoms with Gasteiger partial charge in [0.15, 0.2) is 12.4 Å². The summed E-state index contributed by atoms with van der Waals surface area (Å²) in [5.41, 5.74) is 3.26. The standard InChI is InChI=1S/C23H26N2O5/c1-16-14-20(17(2)25(16)11-5-12-28-3)21(26)15-30-19-9-7-18(8-10-19)24-23(27)22-6-4-13-29-22/h4,6-10,13-14H,5,11-12,15H2,1-3H3,(H,24,27). The zero-order valence-electron chi connectivity index (χ0n) is 17.4. The zero-order valence-corrected chi connectivity index (χ0v) is 17.4. The average Bonchev–Trinajstić information content (AvgIpc) is 3.37. The van der Waals surface area contributed by atoms with E-state index in [1.165, 1.54) is 6.26 Å². The number of nitrogens with zero attached hydrogens (tertiary/aromatic N) is 1. The van der Waals surface area contributed by atoms with Crippen molar-refractivity contribution < 1.29 is 23.5 Å². The Bertz CT molecular complexity index is 988. The molecule has 3 aromatic rings. The number of nitrogens with one attached hydrogen (secondary N) is 1. The molecular formula is C23H26N2O5. The number of Topliss-reactive ketones (excluding diaryl/α,β-unsaturated/α-hetero) is 1. The first-order valence-electron chi connectivity index (χ1n) is 9.76. The lowest BCUT2D eigenvalue weighted by atomic mass is 10.1. The second-order valence-corrected chi connectivity index (χ2v) is 6.95. The van der Waals surface area contributed by atoms with Crippen molar-refractivity contribution in [2.45, 2.75) is 26.8 Å². The van der Waals surface area contributed by atoms with Crippen molar-refractivity contribution in [3.63, 3.8) is 0 Å². The number of ketones is 1. The molecular weight excluding hydrogens is 384 g/mol. The first-order chi connectivity index (χ1) is 14.5. The molecule has 1 N–H and O–H groups in total. The van der Waals surface area contributed by atoms with E-state index in [0.29, 0.717) is 23.6 Å². The minimum atomic E-state index is -0.329. The highest BCUT2D eigenvalue weighted by Gasteiger charge is 2.16. The molecule has 7 nitrogen and oxygen atoms in total. The second kappa shape index (κ2) is 9.93. The van der Waals surface area contributed by atoms with Crippen LogP contribution in [0.2, 0.25) is 0 Å². The Morgan fingerprint density at radius 1 is 1.13 bits per heavy atom. The van der Waals surface area contributed by atoms with Crippen molar-refractivity contribution in [3.8, 4) is 5.75 Å². The van der Waals surface area contributed by atoms with Crippen molar-refractivity contribution in [3.05, 3.63) is 71.4 Å². The molecule has 0 aliphatic rings. The SMILES string of the molecule is COCCCn1c(C)cc(C(=O)COc2ccc(NC(=O)c3ccco3)cc2)c1C. The number of anilines is 1. The normalized spacial score (nSPS) is 10.8. The van der Waals surface area contributed by atoms with Crippen LogP contribution in [-0.2, 0) is 11.3 Å². The number of carbonyl (C=O) groups excluding carboxylic acids is 2. The van der Waals surface area contributed by atoms with Gasteiger partial charge in [-0.3, -0.25) is 9.59 Å². The lowest BCUT2D eigenvalue weighted by Crippen LogP contribution is -2.13. The number of rotatable bonds is 10. The van der Waals surface area contributed by atoms with Crippen LogP contribution in [0.1, 0.15) is 38.7 Å². The molecule has 3 rings (SSSR count). The van der Waals surface area contributed by atoms with Gasteiger partial charge in [0.25, 0.3) is 5.91 Å². The summed E-state index contributed by atoms with van der Waals surface area (Å²) in [6.07, 6.45) is 2.33. The van der Waals surface area contributed by atoms with E-state index in [4.69, 9.17) is 13.9 Å². The maximum Gasteiger partial charge on any atom is 0.291 e. The van der Waals surface area contributed by atoms with Gasteiger partial charge in [0.1, 0.15) is 5.75 Å². The predicted octanol–water partition coefficient (Wildman–Crippen LogP) is 4.25. The number of methoxy groups -OCH3 is 1. The highest BCUT2D eigenvalue weighted by molar-refractivity contribution is 6.02. The van der Waals surface area contributed by atoms with Gasteiger partial charge in [-0.25, -0.2) is 0 Å². The lowest BCUT2D eigenvalue weighted by molar-refractivity contribution is 0.0920. The van der Waals surface area contributed by atoms with E-state index in [-0.39, 0.29) is 24.1 Å². The molecule has 0 unspecified atom stereocenters. The molecule has 0 atom stereocenters. The second-order valence-electron chi connectivity index (χ2n) is 6.95. The van der Waals surface area contributed by atoms with Crippen LogP contribution in [0, 0.1) is 13.8 Å². The Hall–Kier alpha value is -3.32. The number of hydrogen-bond acceptors (Lipinski definition) is 5. The molecule has 158 valence electrons. The van der Waals surface area contributed by atoms with Crippen LogP contribution in [0.5, 0.6) is 5.75 Å². The highest BCUT2D eigenvalue weighted by atomic mass is 16.5. The van der Waals surface area contributed by atoms with E-state index < -0.39 is 0 Å². The topological polar surface area (TPSA) is 82.7 Å². The number of ether oxygens (including phenoxy) is 2. The van der Waals surface area contributed by atoms with E-state index in [2.05, 4.69) is 9.88 Å². The molecule has 2 heterocycles. The van der Waals surface area contributed by atoms with Crippen LogP contribution >= 0.6 is 0 Å². The molecule has 0 fully saturated rings. The summed E-state index contributed by atoms with van der Waals surface area (Å²) >= 11 is 0. The Kier molecular flexibility index (Phi) is 7.08. The van der Waals surface area contributed by atoms with Crippen molar-refractivity contribution >= 4 is 17.4 Å². The van der Waals surface area contributed by atoms with Gasteiger partial charge in [-0.1, -0.05) is 0 Å². The van der Waals surface area contributed by atoms with Crippen molar-refractivity contribution in [2.24, 2.45) is 0 Å². The molecule has 0 saturated carbocycles. The third-order valence-corrected chi connectivity index (χ3v) is 4.83. The number of amides is 1. The molecule has 30 heavy (non-hydrogen) atoms. The molecule has 7 heteroatoms. The van der Waals surface area contributed by atoms with Crippen molar-refractivity contribution in [1.82, 2.24) is 4.57 Å². The third-order valence-electron chi connectivity index (χ3n) is 4.83. The summed E-state index contributed by atoms with van der Waals surface area (Å²) in [6, 6.07) is 12.0. The minimum Gasteiger partial charge on any atom is -0.485 e. The van der Waals surface area contributed by atoms with E-state index in [1.807, 2.05) is 19.9 Å². The van der Waals surface area contributed by atoms with Gasteiger partial charge in [0.05, 0.1) is 6.26 Å². The Labute approximate surface area is 175 Å². The molecule has 1 aromatic carbocycles. The molecule has 0 radical (unpaired) electrons. The Balaban J connectivity index is 1.56. The predicted molar refractivity (Wildman–Crippen MR) is 113 cm³/mol. The summed E-state index contributed by atoms with van der Waals surface area (Å²) in [7, 11) is 1.68. The Morgan fingerprint density at radius 3 is 2.57 bits per heavy atom. The molecule has 0 bridgehead atoms. The summed E-state index contributed by atoms with van der Waals surface area (Å²) in [5, 5.41) is 2.73. The smallest absolute Gasteiger partial charge is 0.291 e. The molecule has 0 spiro atoms. The largest absolute Gasteiger partial charge is 0.485 e. The fourth-order valence-electron chi connectivity index (χ4n) is 3.26. The van der Waals surface area contributed by atoms with Crippen LogP contribution in [0.3, 0.4) is 0 Å². The quantitative estimate of drug-likeness (QED) is 0.399. The lowest BCUT2D eigenvalue weighted by Gasteiger charge is -2.10. The first kappa shape index (κ1) is 21.4. The van der Waals surface area contributed by atoms with Crippen LogP contribution in [0.25, 0.3) is 0 Å². The fourth-order valence-corrected chi connectivity index (χ4v) is 3.26. The van der Waals surface area contributed by atoms with Crippen LogP contribution in [0.4, 0.5) is 5.69 Å². The number of aryl methyl sites for hydroxylation is 1. The number of hydrogen-bond donors (Lipinski definition) is 1. The number of carbonyl (C=O) groups is 2. The van der Waals surface area contributed by atoms with E-state index in [0.717, 1.165) is 24.4 Å². The summed E-state index contributed by atoms with van der Waals surface area (Å²) in [5.74, 6) is 0.384. The molecule has 0 aliphatic heterocycles. The summed E-state index contributed by atoms with van der Waals surface area (Å²) < 4.78 is 17.9. The van der Waals surface area contributed by atoms with Gasteiger partial charge in [-0.2, -0.15) is 0 Å². The van der Waals surface area contributed by atoms with E-state index >= 15 is 0 Å². The molecule has 1 amide bonds. The van der Waals surface area contributed by atoms with Crippen LogP contribution < -0.4 is 10.1 Å². The summed E-state index contributed by atoms with van der Waals surface area (Å²) in [4.78, 5) is 24.6. The highest BCUT2D eigenvalue weighted by Crippen LogP contribution is 2.19. The van der Waals surface area contributed by atoms with Gasteiger partial charge >= 0.3 is 0 Å². The van der Waals surface area contributed by atoms with Gasteiger partial charge < -0.3 is 23.8 Å². The summed E-state index contributed by atoms with van der Waals surface area (Å²) in [6.45, 7) is 5.38.